The fourth-order valence-electron chi connectivity index (χ4n) is 3.18. The Hall–Kier alpha value is -0.900. The van der Waals surface area contributed by atoms with Gasteiger partial charge in [-0.3, -0.25) is 0 Å². The van der Waals surface area contributed by atoms with E-state index in [4.69, 9.17) is 9.51 Å². The van der Waals surface area contributed by atoms with Crippen LogP contribution in [0.3, 0.4) is 0 Å². The molecule has 0 unspecified atom stereocenters. The molecule has 18 heavy (non-hydrogen) atoms. The van der Waals surface area contributed by atoms with E-state index in [9.17, 15) is 0 Å². The number of hydrogen-bond acceptors (Lipinski definition) is 4. The molecule has 2 fully saturated rings. The summed E-state index contributed by atoms with van der Waals surface area (Å²) >= 11 is 0. The minimum absolute atomic E-state index is 0.0516. The summed E-state index contributed by atoms with van der Waals surface area (Å²) in [5.74, 6) is 2.33. The van der Waals surface area contributed by atoms with Gasteiger partial charge < -0.3 is 9.84 Å². The SMILES string of the molecule is C[C@]1(c2nc(C3CCCCCC3)no2)CCNC1. The third kappa shape index (κ3) is 2.30. The van der Waals surface area contributed by atoms with Crippen LogP contribution in [-0.4, -0.2) is 23.2 Å². The van der Waals surface area contributed by atoms with Crippen molar-refractivity contribution in [3.8, 4) is 0 Å². The quantitative estimate of drug-likeness (QED) is 0.819. The number of rotatable bonds is 2. The summed E-state index contributed by atoms with van der Waals surface area (Å²) in [4.78, 5) is 4.71. The van der Waals surface area contributed by atoms with Gasteiger partial charge in [-0.2, -0.15) is 4.98 Å². The maximum Gasteiger partial charge on any atom is 0.233 e. The van der Waals surface area contributed by atoms with Gasteiger partial charge in [0.1, 0.15) is 0 Å². The van der Waals surface area contributed by atoms with Crippen LogP contribution in [0.4, 0.5) is 0 Å². The molecule has 0 spiro atoms. The Kier molecular flexibility index (Phi) is 3.37. The van der Waals surface area contributed by atoms with Crippen molar-refractivity contribution in [3.05, 3.63) is 11.7 Å². The molecular weight excluding hydrogens is 226 g/mol. The molecule has 1 aromatic heterocycles. The van der Waals surface area contributed by atoms with Gasteiger partial charge in [0.05, 0.1) is 5.41 Å². The molecule has 100 valence electrons. The topological polar surface area (TPSA) is 51.0 Å². The lowest BCUT2D eigenvalue weighted by atomic mass is 9.90. The van der Waals surface area contributed by atoms with E-state index in [1.807, 2.05) is 0 Å². The minimum Gasteiger partial charge on any atom is -0.339 e. The van der Waals surface area contributed by atoms with Gasteiger partial charge in [-0.05, 0) is 32.7 Å². The predicted molar refractivity (Wildman–Crippen MR) is 69.6 cm³/mol. The molecule has 4 nitrogen and oxygen atoms in total. The molecule has 0 amide bonds. The molecule has 0 aromatic carbocycles. The Balaban J connectivity index is 1.76. The van der Waals surface area contributed by atoms with E-state index in [0.717, 1.165) is 31.2 Å². The van der Waals surface area contributed by atoms with Crippen molar-refractivity contribution in [1.29, 1.82) is 0 Å². The smallest absolute Gasteiger partial charge is 0.233 e. The van der Waals surface area contributed by atoms with E-state index in [1.165, 1.54) is 38.5 Å². The summed E-state index contributed by atoms with van der Waals surface area (Å²) in [7, 11) is 0. The first-order valence-electron chi connectivity index (χ1n) is 7.33. The van der Waals surface area contributed by atoms with Gasteiger partial charge in [-0.15, -0.1) is 0 Å². The Labute approximate surface area is 109 Å². The highest BCUT2D eigenvalue weighted by Crippen LogP contribution is 2.33. The highest BCUT2D eigenvalue weighted by atomic mass is 16.5. The molecule has 1 saturated heterocycles. The first-order chi connectivity index (χ1) is 8.78. The van der Waals surface area contributed by atoms with Gasteiger partial charge in [-0.25, -0.2) is 0 Å². The summed E-state index contributed by atoms with van der Waals surface area (Å²) in [5, 5.41) is 7.64. The van der Waals surface area contributed by atoms with Gasteiger partial charge >= 0.3 is 0 Å². The first-order valence-corrected chi connectivity index (χ1v) is 7.33. The van der Waals surface area contributed by atoms with Crippen LogP contribution in [-0.2, 0) is 5.41 Å². The summed E-state index contributed by atoms with van der Waals surface area (Å²) in [5.41, 5.74) is 0.0516. The van der Waals surface area contributed by atoms with Crippen LogP contribution in [0.5, 0.6) is 0 Å². The van der Waals surface area contributed by atoms with Crippen LogP contribution in [0.25, 0.3) is 0 Å². The monoisotopic (exact) mass is 249 g/mol. The maximum absolute atomic E-state index is 5.54. The third-order valence-corrected chi connectivity index (χ3v) is 4.55. The van der Waals surface area contributed by atoms with Gasteiger partial charge in [0.2, 0.25) is 5.89 Å². The zero-order valence-electron chi connectivity index (χ0n) is 11.2. The Morgan fingerprint density at radius 1 is 1.22 bits per heavy atom. The van der Waals surface area contributed by atoms with Crippen LogP contribution in [0, 0.1) is 0 Å². The number of nitrogens with one attached hydrogen (secondary N) is 1. The van der Waals surface area contributed by atoms with Crippen LogP contribution in [0.2, 0.25) is 0 Å². The van der Waals surface area contributed by atoms with Crippen LogP contribution >= 0.6 is 0 Å². The standard InChI is InChI=1S/C14H23N3O/c1-14(8-9-15-10-14)13-16-12(17-18-13)11-6-4-2-3-5-7-11/h11,15H,2-10H2,1H3/t14-/m0/s1. The Bertz CT molecular complexity index is 387. The highest BCUT2D eigenvalue weighted by molar-refractivity contribution is 5.09. The van der Waals surface area contributed by atoms with Crippen molar-refractivity contribution >= 4 is 0 Å². The molecule has 1 atom stereocenters. The Morgan fingerprint density at radius 2 is 2.00 bits per heavy atom. The Morgan fingerprint density at radius 3 is 2.67 bits per heavy atom. The van der Waals surface area contributed by atoms with Gasteiger partial charge in [0.15, 0.2) is 5.82 Å². The van der Waals surface area contributed by atoms with E-state index in [2.05, 4.69) is 17.4 Å². The summed E-state index contributed by atoms with van der Waals surface area (Å²) in [6.45, 7) is 4.23. The minimum atomic E-state index is 0.0516. The predicted octanol–water partition coefficient (Wildman–Crippen LogP) is 2.76. The van der Waals surface area contributed by atoms with E-state index in [0.29, 0.717) is 5.92 Å². The lowest BCUT2D eigenvalue weighted by Gasteiger charge is -2.16. The second-order valence-corrected chi connectivity index (χ2v) is 6.13. The van der Waals surface area contributed by atoms with E-state index >= 15 is 0 Å². The molecule has 1 aliphatic carbocycles. The average Bonchev–Trinajstić information content (AvgIpc) is 2.94. The van der Waals surface area contributed by atoms with Crippen molar-refractivity contribution in [2.24, 2.45) is 0 Å². The average molecular weight is 249 g/mol. The number of hydrogen-bond donors (Lipinski definition) is 1. The van der Waals surface area contributed by atoms with E-state index in [-0.39, 0.29) is 5.41 Å². The van der Waals surface area contributed by atoms with Crippen molar-refractivity contribution in [3.63, 3.8) is 0 Å². The lowest BCUT2D eigenvalue weighted by Crippen LogP contribution is -2.25. The molecule has 0 radical (unpaired) electrons. The fourth-order valence-corrected chi connectivity index (χ4v) is 3.18. The van der Waals surface area contributed by atoms with Gasteiger partial charge in [0.25, 0.3) is 0 Å². The second-order valence-electron chi connectivity index (χ2n) is 6.13. The molecule has 2 heterocycles. The molecule has 1 saturated carbocycles. The molecule has 1 N–H and O–H groups in total. The summed E-state index contributed by atoms with van der Waals surface area (Å²) in [6, 6.07) is 0. The van der Waals surface area contributed by atoms with Crippen LogP contribution < -0.4 is 5.32 Å². The van der Waals surface area contributed by atoms with Crippen LogP contribution in [0.1, 0.15) is 69.5 Å². The maximum atomic E-state index is 5.54. The number of nitrogens with zero attached hydrogens (tertiary/aromatic N) is 2. The molecular formula is C14H23N3O. The van der Waals surface area contributed by atoms with Gasteiger partial charge in [-0.1, -0.05) is 30.8 Å². The zero-order chi connectivity index (χ0) is 12.4. The van der Waals surface area contributed by atoms with E-state index < -0.39 is 0 Å². The summed E-state index contributed by atoms with van der Waals surface area (Å²) < 4.78 is 5.54. The number of aromatic nitrogens is 2. The largest absolute Gasteiger partial charge is 0.339 e. The fraction of sp³-hybridized carbons (Fsp3) is 0.857. The second kappa shape index (κ2) is 5.00. The van der Waals surface area contributed by atoms with Gasteiger partial charge in [0, 0.05) is 12.5 Å². The summed E-state index contributed by atoms with van der Waals surface area (Å²) in [6.07, 6.45) is 8.91. The van der Waals surface area contributed by atoms with Crippen molar-refractivity contribution in [2.45, 2.75) is 63.2 Å². The van der Waals surface area contributed by atoms with Crippen LogP contribution in [0.15, 0.2) is 4.52 Å². The third-order valence-electron chi connectivity index (χ3n) is 4.55. The molecule has 4 heteroatoms. The zero-order valence-corrected chi connectivity index (χ0v) is 11.2. The van der Waals surface area contributed by atoms with Crippen molar-refractivity contribution in [1.82, 2.24) is 15.5 Å². The normalized spacial score (nSPS) is 30.5. The molecule has 1 aromatic rings. The molecule has 0 bridgehead atoms. The lowest BCUT2D eigenvalue weighted by molar-refractivity contribution is 0.302. The molecule has 2 aliphatic rings. The van der Waals surface area contributed by atoms with E-state index in [1.54, 1.807) is 0 Å². The molecule has 1 aliphatic heterocycles. The van der Waals surface area contributed by atoms with Crippen molar-refractivity contribution in [2.75, 3.05) is 13.1 Å². The molecule has 3 rings (SSSR count). The van der Waals surface area contributed by atoms with Crippen molar-refractivity contribution < 1.29 is 4.52 Å². The first kappa shape index (κ1) is 12.2. The highest BCUT2D eigenvalue weighted by Gasteiger charge is 2.36.